The molecule has 2 N–H and O–H groups in total. The molecule has 0 aliphatic carbocycles. The van der Waals surface area contributed by atoms with Gasteiger partial charge in [-0.2, -0.15) is 8.78 Å². The molecular formula is C14H17ClF2N2O2. The Morgan fingerprint density at radius 3 is 2.90 bits per heavy atom. The van der Waals surface area contributed by atoms with E-state index in [4.69, 9.17) is 11.6 Å². The average molecular weight is 319 g/mol. The van der Waals surface area contributed by atoms with Gasteiger partial charge >= 0.3 is 6.61 Å². The van der Waals surface area contributed by atoms with Crippen LogP contribution in [0.5, 0.6) is 5.75 Å². The molecule has 1 aliphatic heterocycles. The Bertz CT molecular complexity index is 492. The maximum absolute atomic E-state index is 12.1. The molecule has 116 valence electrons. The highest BCUT2D eigenvalue weighted by molar-refractivity contribution is 6.32. The molecule has 1 aliphatic rings. The Morgan fingerprint density at radius 1 is 1.38 bits per heavy atom. The first-order chi connectivity index (χ1) is 10.1. The summed E-state index contributed by atoms with van der Waals surface area (Å²) in [4.78, 5) is 12.1. The lowest BCUT2D eigenvalue weighted by atomic mass is 10.1. The van der Waals surface area contributed by atoms with E-state index < -0.39 is 6.61 Å². The number of carbonyl (C=O) groups excluding carboxylic acids is 1. The van der Waals surface area contributed by atoms with E-state index in [9.17, 15) is 13.6 Å². The standard InChI is InChI=1S/C14H17ClF2N2O2/c15-10-8-9(5-6-12(10)21-14(16)17)19-13(20)11-4-2-1-3-7-18-11/h5-6,8,11,14,18H,1-4,7H2,(H,19,20). The van der Waals surface area contributed by atoms with Crippen molar-refractivity contribution in [2.24, 2.45) is 0 Å². The molecule has 1 unspecified atom stereocenters. The monoisotopic (exact) mass is 318 g/mol. The van der Waals surface area contributed by atoms with Gasteiger partial charge in [0.15, 0.2) is 0 Å². The summed E-state index contributed by atoms with van der Waals surface area (Å²) in [5.41, 5.74) is 0.456. The van der Waals surface area contributed by atoms with Crippen LogP contribution < -0.4 is 15.4 Å². The zero-order chi connectivity index (χ0) is 15.2. The van der Waals surface area contributed by atoms with E-state index >= 15 is 0 Å². The lowest BCUT2D eigenvalue weighted by Gasteiger charge is -2.16. The van der Waals surface area contributed by atoms with Crippen LogP contribution in [0.4, 0.5) is 14.5 Å². The van der Waals surface area contributed by atoms with Crippen molar-refractivity contribution in [3.05, 3.63) is 23.2 Å². The highest BCUT2D eigenvalue weighted by atomic mass is 35.5. The number of amides is 1. The van der Waals surface area contributed by atoms with Crippen molar-refractivity contribution >= 4 is 23.2 Å². The normalized spacial score (nSPS) is 19.1. The van der Waals surface area contributed by atoms with Crippen molar-refractivity contribution in [2.75, 3.05) is 11.9 Å². The van der Waals surface area contributed by atoms with E-state index in [1.165, 1.54) is 18.2 Å². The van der Waals surface area contributed by atoms with Gasteiger partial charge < -0.3 is 15.4 Å². The molecule has 1 aromatic carbocycles. The van der Waals surface area contributed by atoms with Crippen molar-refractivity contribution in [1.82, 2.24) is 5.32 Å². The molecule has 0 radical (unpaired) electrons. The second-order valence-electron chi connectivity index (χ2n) is 4.87. The van der Waals surface area contributed by atoms with Crippen LogP contribution in [0.25, 0.3) is 0 Å². The van der Waals surface area contributed by atoms with E-state index in [0.29, 0.717) is 5.69 Å². The van der Waals surface area contributed by atoms with Crippen LogP contribution in [0.1, 0.15) is 25.7 Å². The van der Waals surface area contributed by atoms with Crippen LogP contribution >= 0.6 is 11.6 Å². The Morgan fingerprint density at radius 2 is 2.19 bits per heavy atom. The molecule has 4 nitrogen and oxygen atoms in total. The van der Waals surface area contributed by atoms with Gasteiger partial charge in [-0.3, -0.25) is 4.79 Å². The summed E-state index contributed by atoms with van der Waals surface area (Å²) in [5, 5.41) is 5.95. The third-order valence-electron chi connectivity index (χ3n) is 3.29. The fraction of sp³-hybridized carbons (Fsp3) is 0.500. The van der Waals surface area contributed by atoms with Crippen molar-refractivity contribution in [3.63, 3.8) is 0 Å². The maximum Gasteiger partial charge on any atom is 0.387 e. The molecule has 2 rings (SSSR count). The van der Waals surface area contributed by atoms with Gasteiger partial charge in [-0.15, -0.1) is 0 Å². The summed E-state index contributed by atoms with van der Waals surface area (Å²) < 4.78 is 28.5. The van der Waals surface area contributed by atoms with Gasteiger partial charge in [-0.25, -0.2) is 0 Å². The number of rotatable bonds is 4. The zero-order valence-electron chi connectivity index (χ0n) is 11.4. The molecule has 0 aromatic heterocycles. The van der Waals surface area contributed by atoms with E-state index in [-0.39, 0.29) is 22.7 Å². The van der Waals surface area contributed by atoms with Gasteiger partial charge in [0.2, 0.25) is 5.91 Å². The van der Waals surface area contributed by atoms with Crippen LogP contribution in [0.15, 0.2) is 18.2 Å². The first-order valence-electron chi connectivity index (χ1n) is 6.85. The third-order valence-corrected chi connectivity index (χ3v) is 3.59. The summed E-state index contributed by atoms with van der Waals surface area (Å²) in [6.07, 6.45) is 3.97. The summed E-state index contributed by atoms with van der Waals surface area (Å²) in [6.45, 7) is -2.11. The minimum absolute atomic E-state index is 0.0296. The van der Waals surface area contributed by atoms with Gasteiger partial charge in [-0.05, 0) is 37.6 Å². The summed E-state index contributed by atoms with van der Waals surface area (Å²) >= 11 is 5.84. The highest BCUT2D eigenvalue weighted by Crippen LogP contribution is 2.29. The molecule has 1 heterocycles. The van der Waals surface area contributed by atoms with E-state index in [1.54, 1.807) is 0 Å². The molecule has 21 heavy (non-hydrogen) atoms. The van der Waals surface area contributed by atoms with Gasteiger partial charge in [0, 0.05) is 5.69 Å². The number of nitrogens with one attached hydrogen (secondary N) is 2. The van der Waals surface area contributed by atoms with Gasteiger partial charge in [0.25, 0.3) is 0 Å². The molecule has 1 amide bonds. The summed E-state index contributed by atoms with van der Waals surface area (Å²) in [7, 11) is 0. The van der Waals surface area contributed by atoms with E-state index in [1.807, 2.05) is 0 Å². The molecule has 7 heteroatoms. The maximum atomic E-state index is 12.1. The SMILES string of the molecule is O=C(Nc1ccc(OC(F)F)c(Cl)c1)C1CCCCCN1. The quantitative estimate of drug-likeness (QED) is 0.894. The molecular weight excluding hydrogens is 302 g/mol. The highest BCUT2D eigenvalue weighted by Gasteiger charge is 2.20. The Balaban J connectivity index is 1.98. The van der Waals surface area contributed by atoms with Crippen molar-refractivity contribution in [3.8, 4) is 5.75 Å². The predicted octanol–water partition coefficient (Wildman–Crippen LogP) is 3.41. The van der Waals surface area contributed by atoms with Gasteiger partial charge in [0.05, 0.1) is 11.1 Å². The number of ether oxygens (including phenoxy) is 1. The molecule has 0 spiro atoms. The molecule has 0 bridgehead atoms. The third kappa shape index (κ3) is 4.82. The number of alkyl halides is 2. The van der Waals surface area contributed by atoms with E-state index in [0.717, 1.165) is 32.2 Å². The summed E-state index contributed by atoms with van der Waals surface area (Å²) in [6, 6.07) is 3.96. The molecule has 0 saturated carbocycles. The van der Waals surface area contributed by atoms with Crippen molar-refractivity contribution < 1.29 is 18.3 Å². The van der Waals surface area contributed by atoms with Crippen LogP contribution in [0, 0.1) is 0 Å². The van der Waals surface area contributed by atoms with Crippen LogP contribution in [-0.4, -0.2) is 25.1 Å². The molecule has 1 fully saturated rings. The van der Waals surface area contributed by atoms with Crippen LogP contribution in [-0.2, 0) is 4.79 Å². The molecule has 1 atom stereocenters. The topological polar surface area (TPSA) is 50.4 Å². The first kappa shape index (κ1) is 16.0. The lowest BCUT2D eigenvalue weighted by molar-refractivity contribution is -0.118. The predicted molar refractivity (Wildman–Crippen MR) is 77.0 cm³/mol. The van der Waals surface area contributed by atoms with Crippen molar-refractivity contribution in [1.29, 1.82) is 0 Å². The number of anilines is 1. The van der Waals surface area contributed by atoms with E-state index in [2.05, 4.69) is 15.4 Å². The summed E-state index contributed by atoms with van der Waals surface area (Å²) in [5.74, 6) is -0.257. The zero-order valence-corrected chi connectivity index (χ0v) is 12.1. The number of carbonyl (C=O) groups is 1. The molecule has 1 saturated heterocycles. The minimum atomic E-state index is -2.93. The largest absolute Gasteiger partial charge is 0.433 e. The second-order valence-corrected chi connectivity index (χ2v) is 5.28. The Labute approximate surface area is 126 Å². The molecule has 1 aromatic rings. The van der Waals surface area contributed by atoms with Crippen molar-refractivity contribution in [2.45, 2.75) is 38.3 Å². The van der Waals surface area contributed by atoms with Gasteiger partial charge in [0.1, 0.15) is 5.75 Å². The van der Waals surface area contributed by atoms with Crippen LogP contribution in [0.2, 0.25) is 5.02 Å². The number of benzene rings is 1. The minimum Gasteiger partial charge on any atom is -0.433 e. The average Bonchev–Trinajstić information content (AvgIpc) is 2.70. The fourth-order valence-corrected chi connectivity index (χ4v) is 2.48. The van der Waals surface area contributed by atoms with Gasteiger partial charge in [-0.1, -0.05) is 24.4 Å². The Kier molecular flexibility index (Phi) is 5.76. The number of hydrogen-bond donors (Lipinski definition) is 2. The lowest BCUT2D eigenvalue weighted by Crippen LogP contribution is -2.39. The first-order valence-corrected chi connectivity index (χ1v) is 7.22. The Hall–Kier alpha value is -1.40. The smallest absolute Gasteiger partial charge is 0.387 e. The number of hydrogen-bond acceptors (Lipinski definition) is 3. The fourth-order valence-electron chi connectivity index (χ4n) is 2.25. The van der Waals surface area contributed by atoms with Crippen LogP contribution in [0.3, 0.4) is 0 Å². The second kappa shape index (κ2) is 7.56. The number of halogens is 3.